The fourth-order valence-corrected chi connectivity index (χ4v) is 3.62. The number of pyridine rings is 2. The Morgan fingerprint density at radius 2 is 1.64 bits per heavy atom. The Morgan fingerprint density at radius 1 is 0.861 bits per heavy atom. The smallest absolute Gasteiger partial charge is 0.253 e. The number of nitrogens with zero attached hydrogens (tertiary/aromatic N) is 4. The topological polar surface area (TPSA) is 53.9 Å². The van der Waals surface area contributed by atoms with Gasteiger partial charge in [0.25, 0.3) is 5.69 Å². The molecule has 0 N–H and O–H groups in total. The number of rotatable bonds is 3. The summed E-state index contributed by atoms with van der Waals surface area (Å²) in [5.41, 5.74) is 7.16. The van der Waals surface area contributed by atoms with Crippen LogP contribution in [0.2, 0.25) is 0 Å². The second kappa shape index (κ2) is 12.9. The standard InChI is InChI=1S/C20H12N3.C11H8N.Ir/c1-14-10-11-23-20(19(14)16-6-4-3-5-7-16)17-12-15(13-21)8-9-18(17)22-2;1-2-6-10(7-3-1)11-8-4-5-9-12-11;/h3-11H,1H3;1-6,8-9H;/q2*-1;. The minimum Gasteiger partial charge on any atom is -0.305 e. The molecule has 0 aliphatic rings. The largest absolute Gasteiger partial charge is 0.305 e. The van der Waals surface area contributed by atoms with Crippen molar-refractivity contribution in [2.45, 2.75) is 6.92 Å². The van der Waals surface area contributed by atoms with E-state index in [0.29, 0.717) is 22.5 Å². The summed E-state index contributed by atoms with van der Waals surface area (Å²) in [6.45, 7) is 9.40. The number of aryl methyl sites for hydroxylation is 1. The van der Waals surface area contributed by atoms with Crippen LogP contribution in [-0.2, 0) is 20.1 Å². The van der Waals surface area contributed by atoms with Crippen LogP contribution < -0.4 is 0 Å². The summed E-state index contributed by atoms with van der Waals surface area (Å²) in [4.78, 5) is 12.3. The molecule has 4 nitrogen and oxygen atoms in total. The van der Waals surface area contributed by atoms with Crippen LogP contribution in [0.4, 0.5) is 5.69 Å². The van der Waals surface area contributed by atoms with Crippen molar-refractivity contribution in [3.8, 4) is 39.7 Å². The van der Waals surface area contributed by atoms with Crippen LogP contribution in [0, 0.1) is 37.0 Å². The first-order chi connectivity index (χ1) is 17.2. The van der Waals surface area contributed by atoms with Crippen molar-refractivity contribution in [2.24, 2.45) is 0 Å². The Balaban J connectivity index is 0.000000234. The van der Waals surface area contributed by atoms with E-state index in [4.69, 9.17) is 11.8 Å². The molecular formula is C31H20IrN4-2. The van der Waals surface area contributed by atoms with Gasteiger partial charge in [-0.1, -0.05) is 54.1 Å². The van der Waals surface area contributed by atoms with Gasteiger partial charge in [-0.05, 0) is 59.1 Å². The van der Waals surface area contributed by atoms with E-state index in [1.165, 1.54) is 0 Å². The molecule has 2 heterocycles. The van der Waals surface area contributed by atoms with Crippen LogP contribution in [0.15, 0.2) is 103 Å². The maximum atomic E-state index is 9.13. The Labute approximate surface area is 225 Å². The molecule has 0 amide bonds. The summed E-state index contributed by atoms with van der Waals surface area (Å²) in [5.74, 6) is 0. The molecule has 0 saturated carbocycles. The molecule has 5 aromatic rings. The van der Waals surface area contributed by atoms with Gasteiger partial charge in [-0.25, -0.2) is 5.26 Å². The molecule has 1 radical (unpaired) electrons. The molecule has 0 aliphatic heterocycles. The monoisotopic (exact) mass is 641 g/mol. The summed E-state index contributed by atoms with van der Waals surface area (Å²) in [7, 11) is 0. The zero-order valence-corrected chi connectivity index (χ0v) is 21.8. The van der Waals surface area contributed by atoms with E-state index in [9.17, 15) is 0 Å². The maximum absolute atomic E-state index is 9.13. The van der Waals surface area contributed by atoms with Gasteiger partial charge in [-0.15, -0.1) is 42.0 Å². The number of hydrogen-bond acceptors (Lipinski definition) is 3. The van der Waals surface area contributed by atoms with Gasteiger partial charge in [0.05, 0.1) is 0 Å². The van der Waals surface area contributed by atoms with Crippen LogP contribution in [0.25, 0.3) is 38.5 Å². The van der Waals surface area contributed by atoms with Crippen molar-refractivity contribution in [3.63, 3.8) is 0 Å². The van der Waals surface area contributed by atoms with Crippen molar-refractivity contribution in [1.82, 2.24) is 9.97 Å². The molecule has 0 fully saturated rings. The Morgan fingerprint density at radius 3 is 2.31 bits per heavy atom. The van der Waals surface area contributed by atoms with Crippen LogP contribution in [0.1, 0.15) is 11.1 Å². The maximum Gasteiger partial charge on any atom is 0.253 e. The molecule has 0 atom stereocenters. The number of nitriles is 1. The van der Waals surface area contributed by atoms with Crippen LogP contribution in [0.5, 0.6) is 0 Å². The first-order valence-corrected chi connectivity index (χ1v) is 10.9. The molecule has 3 aromatic carbocycles. The number of aromatic nitrogens is 2. The van der Waals surface area contributed by atoms with E-state index >= 15 is 0 Å². The third-order valence-corrected chi connectivity index (χ3v) is 5.27. The molecule has 175 valence electrons. The van der Waals surface area contributed by atoms with E-state index in [2.05, 4.69) is 33.0 Å². The van der Waals surface area contributed by atoms with Gasteiger partial charge in [-0.3, -0.25) is 4.98 Å². The summed E-state index contributed by atoms with van der Waals surface area (Å²) in [6, 6.07) is 37.0. The first-order valence-electron chi connectivity index (χ1n) is 10.9. The third kappa shape index (κ3) is 6.17. The van der Waals surface area contributed by atoms with Crippen molar-refractivity contribution in [2.75, 3.05) is 0 Å². The number of hydrogen-bond donors (Lipinski definition) is 0. The molecule has 0 bridgehead atoms. The molecule has 0 saturated heterocycles. The minimum atomic E-state index is 0. The average Bonchev–Trinajstić information content (AvgIpc) is 2.94. The van der Waals surface area contributed by atoms with Gasteiger partial charge in [0, 0.05) is 38.2 Å². The second-order valence-corrected chi connectivity index (χ2v) is 7.56. The van der Waals surface area contributed by atoms with Gasteiger partial charge in [-0.2, -0.15) is 4.85 Å². The quantitative estimate of drug-likeness (QED) is 0.192. The fraction of sp³-hybridized carbons (Fsp3) is 0.0323. The summed E-state index contributed by atoms with van der Waals surface area (Å²) < 4.78 is 0. The minimum absolute atomic E-state index is 0. The molecule has 0 spiro atoms. The van der Waals surface area contributed by atoms with Gasteiger partial charge in [0.2, 0.25) is 0 Å². The van der Waals surface area contributed by atoms with E-state index in [1.807, 2.05) is 85.8 Å². The molecule has 5 rings (SSSR count). The Kier molecular flexibility index (Phi) is 9.38. The van der Waals surface area contributed by atoms with Crippen LogP contribution >= 0.6 is 0 Å². The van der Waals surface area contributed by atoms with Gasteiger partial charge < -0.3 is 4.98 Å². The normalized spacial score (nSPS) is 9.53. The molecular weight excluding hydrogens is 621 g/mol. The van der Waals surface area contributed by atoms with Crippen molar-refractivity contribution in [1.29, 1.82) is 5.26 Å². The third-order valence-electron chi connectivity index (χ3n) is 5.27. The molecule has 2 aromatic heterocycles. The van der Waals surface area contributed by atoms with Gasteiger partial charge in [0.15, 0.2) is 0 Å². The fourth-order valence-electron chi connectivity index (χ4n) is 3.62. The summed E-state index contributed by atoms with van der Waals surface area (Å²) in [5, 5.41) is 9.13. The van der Waals surface area contributed by atoms with Crippen LogP contribution in [-0.4, -0.2) is 9.97 Å². The van der Waals surface area contributed by atoms with E-state index < -0.39 is 0 Å². The number of benzene rings is 3. The van der Waals surface area contributed by atoms with Crippen molar-refractivity contribution < 1.29 is 20.1 Å². The Bertz CT molecular complexity index is 1470. The van der Waals surface area contributed by atoms with Crippen molar-refractivity contribution in [3.05, 3.63) is 138 Å². The van der Waals surface area contributed by atoms with E-state index in [-0.39, 0.29) is 20.1 Å². The first kappa shape index (κ1) is 26.2. The Hall–Kier alpha value is -4.41. The van der Waals surface area contributed by atoms with Gasteiger partial charge >= 0.3 is 0 Å². The summed E-state index contributed by atoms with van der Waals surface area (Å²) >= 11 is 0. The molecule has 36 heavy (non-hydrogen) atoms. The zero-order chi connectivity index (χ0) is 24.5. The predicted octanol–water partition coefficient (Wildman–Crippen LogP) is 7.49. The zero-order valence-electron chi connectivity index (χ0n) is 19.4. The van der Waals surface area contributed by atoms with E-state index in [0.717, 1.165) is 27.9 Å². The predicted molar refractivity (Wildman–Crippen MR) is 138 cm³/mol. The van der Waals surface area contributed by atoms with Gasteiger partial charge in [0.1, 0.15) is 6.57 Å². The average molecular weight is 641 g/mol. The van der Waals surface area contributed by atoms with E-state index in [1.54, 1.807) is 24.5 Å². The summed E-state index contributed by atoms with van der Waals surface area (Å²) in [6.07, 6.45) is 3.51. The second-order valence-electron chi connectivity index (χ2n) is 7.56. The molecule has 5 heteroatoms. The molecule has 0 aliphatic carbocycles. The van der Waals surface area contributed by atoms with Crippen molar-refractivity contribution >= 4 is 5.69 Å². The van der Waals surface area contributed by atoms with Crippen LogP contribution in [0.3, 0.4) is 0 Å². The SMILES string of the molecule is [C-]#[N+]c1ccc(C#N)[c-]c1-c1nccc(C)c1-c1ccccc1.[Ir].[c-]1ccccc1-c1ccccn1. The molecule has 0 unspecified atom stereocenters.